The molecule has 2 atom stereocenters. The van der Waals surface area contributed by atoms with Crippen LogP contribution in [0.15, 0.2) is 12.1 Å². The minimum atomic E-state index is 0.258. The van der Waals surface area contributed by atoms with Gasteiger partial charge in [-0.3, -0.25) is 0 Å². The summed E-state index contributed by atoms with van der Waals surface area (Å²) >= 11 is 0. The topological polar surface area (TPSA) is 9.23 Å². The van der Waals surface area contributed by atoms with E-state index in [4.69, 9.17) is 4.74 Å². The lowest BCUT2D eigenvalue weighted by molar-refractivity contribution is 0.0949. The van der Waals surface area contributed by atoms with Crippen molar-refractivity contribution in [1.82, 2.24) is 0 Å². The maximum atomic E-state index is 5.71. The number of rotatable bonds is 0. The van der Waals surface area contributed by atoms with Crippen LogP contribution in [0.4, 0.5) is 0 Å². The number of hydrogen-bond donors (Lipinski definition) is 0. The average molecular weight is 261 g/mol. The Hall–Kier alpha value is -0.820. The van der Waals surface area contributed by atoms with Crippen molar-refractivity contribution in [2.75, 3.05) is 6.61 Å². The van der Waals surface area contributed by atoms with Gasteiger partial charge >= 0.3 is 0 Å². The van der Waals surface area contributed by atoms with Crippen LogP contribution in [0.3, 0.4) is 0 Å². The summed E-state index contributed by atoms with van der Waals surface area (Å²) in [6.45, 7) is 15.9. The van der Waals surface area contributed by atoms with Gasteiger partial charge in [-0.25, -0.2) is 0 Å². The van der Waals surface area contributed by atoms with Crippen molar-refractivity contribution in [3.8, 4) is 0 Å². The molecule has 19 heavy (non-hydrogen) atoms. The molecule has 1 heteroatoms. The third kappa shape index (κ3) is 1.64. The zero-order valence-corrected chi connectivity index (χ0v) is 13.1. The molecule has 1 aromatic rings. The first kappa shape index (κ1) is 13.2. The Morgan fingerprint density at radius 2 is 1.58 bits per heavy atom. The van der Waals surface area contributed by atoms with E-state index in [-0.39, 0.29) is 10.8 Å². The normalized spacial score (nSPS) is 30.8. The fraction of sp³-hybridized carbons (Fsp3) is 0.667. The van der Waals surface area contributed by atoms with E-state index in [9.17, 15) is 0 Å². The number of hydrogen-bond acceptors (Lipinski definition) is 1. The molecule has 104 valence electrons. The molecule has 1 aromatic carbocycles. The Bertz CT molecular complexity index is 525. The molecule has 0 aromatic heterocycles. The van der Waals surface area contributed by atoms with E-state index in [0.29, 0.717) is 11.8 Å². The van der Waals surface area contributed by atoms with Gasteiger partial charge in [0.25, 0.3) is 0 Å². The van der Waals surface area contributed by atoms with Crippen LogP contribution in [0.25, 0.3) is 0 Å². The van der Waals surface area contributed by atoms with Crippen LogP contribution < -0.4 is 0 Å². The third-order valence-corrected chi connectivity index (χ3v) is 5.99. The minimum absolute atomic E-state index is 0.258. The highest BCUT2D eigenvalue weighted by molar-refractivity contribution is 5.51. The van der Waals surface area contributed by atoms with Crippen molar-refractivity contribution in [3.05, 3.63) is 34.4 Å². The van der Waals surface area contributed by atoms with Crippen molar-refractivity contribution in [2.45, 2.75) is 64.9 Å². The van der Waals surface area contributed by atoms with Crippen LogP contribution in [0, 0.1) is 5.92 Å². The highest BCUT2D eigenvalue weighted by atomic mass is 16.5. The molecule has 1 aliphatic heterocycles. The Labute approximate surface area is 117 Å². The van der Waals surface area contributed by atoms with Gasteiger partial charge in [-0.15, -0.1) is 0 Å². The molecule has 1 heterocycles. The predicted molar refractivity (Wildman–Crippen MR) is 79.7 cm³/mol. The Balaban J connectivity index is 2.25. The van der Waals surface area contributed by atoms with Crippen LogP contribution >= 0.6 is 0 Å². The summed E-state index contributed by atoms with van der Waals surface area (Å²) in [5.41, 5.74) is 6.57. The van der Waals surface area contributed by atoms with Crippen LogP contribution in [0.2, 0.25) is 0 Å². The molecule has 0 saturated heterocycles. The van der Waals surface area contributed by atoms with E-state index >= 15 is 0 Å². The number of ether oxygens (including phenoxy) is 1. The molecule has 3 rings (SSSR count). The second-order valence-corrected chi connectivity index (χ2v) is 7.68. The molecule has 1 nitrogen and oxygen atoms in total. The molecular formula is C18H26O. The molecule has 0 fully saturated rings. The molecule has 0 N–H and O–H groups in total. The fourth-order valence-corrected chi connectivity index (χ4v) is 4.12. The van der Waals surface area contributed by atoms with Gasteiger partial charge in [-0.05, 0) is 39.0 Å². The maximum absolute atomic E-state index is 5.71. The van der Waals surface area contributed by atoms with Crippen molar-refractivity contribution in [1.29, 1.82) is 0 Å². The molecule has 0 saturated carbocycles. The van der Waals surface area contributed by atoms with E-state index < -0.39 is 0 Å². The highest BCUT2D eigenvalue weighted by Crippen LogP contribution is 2.54. The molecule has 0 amide bonds. The highest BCUT2D eigenvalue weighted by Gasteiger charge is 2.48. The van der Waals surface area contributed by atoms with Crippen LogP contribution in [0.1, 0.15) is 69.7 Å². The fourth-order valence-electron chi connectivity index (χ4n) is 4.12. The second-order valence-electron chi connectivity index (χ2n) is 7.68. The first-order valence-corrected chi connectivity index (χ1v) is 7.51. The summed E-state index contributed by atoms with van der Waals surface area (Å²) in [6, 6.07) is 4.93. The summed E-state index contributed by atoms with van der Waals surface area (Å²) in [4.78, 5) is 0. The molecular weight excluding hydrogens is 235 g/mol. The van der Waals surface area contributed by atoms with Gasteiger partial charge in [-0.2, -0.15) is 0 Å². The molecule has 2 aliphatic rings. The van der Waals surface area contributed by atoms with E-state index in [2.05, 4.69) is 53.7 Å². The first-order chi connectivity index (χ1) is 8.76. The number of benzene rings is 1. The maximum Gasteiger partial charge on any atom is 0.0720 e. The quantitative estimate of drug-likeness (QED) is 0.624. The van der Waals surface area contributed by atoms with Gasteiger partial charge in [0, 0.05) is 5.92 Å². The van der Waals surface area contributed by atoms with Gasteiger partial charge < -0.3 is 4.74 Å². The lowest BCUT2D eigenvalue weighted by Crippen LogP contribution is -2.30. The van der Waals surface area contributed by atoms with E-state index in [0.717, 1.165) is 13.2 Å². The predicted octanol–water partition coefficient (Wildman–Crippen LogP) is 4.53. The van der Waals surface area contributed by atoms with E-state index in [1.54, 1.807) is 11.1 Å². The standard InChI is InChI=1S/C18H26O/c1-11-9-19-10-13-7-15-16(8-14(11)13)18(5,6)12(2)17(15,3)4/h7-8,11-12H,9-10H2,1-6H3/i1+1,9+1,11+1. The van der Waals surface area contributed by atoms with Gasteiger partial charge in [-0.1, -0.05) is 53.7 Å². The SMILES string of the molecule is CC1C(C)(C)c2cc3c(cc2C1(C)C)[13CH]([13CH3])[13CH2]OC3. The Morgan fingerprint density at radius 1 is 1.00 bits per heavy atom. The lowest BCUT2D eigenvalue weighted by Gasteiger charge is -2.32. The number of fused-ring (bicyclic) bond motifs is 2. The second kappa shape index (κ2) is 3.85. The van der Waals surface area contributed by atoms with Gasteiger partial charge in [0.05, 0.1) is 13.2 Å². The summed E-state index contributed by atoms with van der Waals surface area (Å²) in [5, 5.41) is 0. The Kier molecular flexibility index (Phi) is 2.67. The zero-order chi connectivity index (χ0) is 14.0. The van der Waals surface area contributed by atoms with Crippen molar-refractivity contribution < 1.29 is 4.74 Å². The van der Waals surface area contributed by atoms with Crippen molar-refractivity contribution >= 4 is 0 Å². The summed E-state index contributed by atoms with van der Waals surface area (Å²) in [7, 11) is 0. The van der Waals surface area contributed by atoms with Gasteiger partial charge in [0.15, 0.2) is 0 Å². The molecule has 0 spiro atoms. The molecule has 1 aliphatic carbocycles. The average Bonchev–Trinajstić information content (AvgIpc) is 2.48. The molecule has 0 radical (unpaired) electrons. The summed E-state index contributed by atoms with van der Waals surface area (Å²) < 4.78 is 5.71. The van der Waals surface area contributed by atoms with Crippen molar-refractivity contribution in [3.63, 3.8) is 0 Å². The zero-order valence-electron chi connectivity index (χ0n) is 13.1. The van der Waals surface area contributed by atoms with Crippen molar-refractivity contribution in [2.24, 2.45) is 5.92 Å². The van der Waals surface area contributed by atoms with Crippen LogP contribution in [-0.4, -0.2) is 6.61 Å². The summed E-state index contributed by atoms with van der Waals surface area (Å²) in [5.74, 6) is 1.19. The minimum Gasteiger partial charge on any atom is -0.376 e. The van der Waals surface area contributed by atoms with Crippen LogP contribution in [-0.2, 0) is 22.2 Å². The van der Waals surface area contributed by atoms with Gasteiger partial charge in [0.2, 0.25) is 0 Å². The van der Waals surface area contributed by atoms with Gasteiger partial charge in [0.1, 0.15) is 0 Å². The van der Waals surface area contributed by atoms with E-state index in [1.165, 1.54) is 11.1 Å². The van der Waals surface area contributed by atoms with E-state index in [1.807, 2.05) is 0 Å². The largest absolute Gasteiger partial charge is 0.376 e. The summed E-state index contributed by atoms with van der Waals surface area (Å²) in [6.07, 6.45) is 0. The molecule has 0 bridgehead atoms. The Morgan fingerprint density at radius 3 is 2.21 bits per heavy atom. The monoisotopic (exact) mass is 261 g/mol. The smallest absolute Gasteiger partial charge is 0.0720 e. The molecule has 2 unspecified atom stereocenters. The lowest BCUT2D eigenvalue weighted by atomic mass is 9.71. The first-order valence-electron chi connectivity index (χ1n) is 7.51. The van der Waals surface area contributed by atoms with Crippen LogP contribution in [0.5, 0.6) is 0 Å². The third-order valence-electron chi connectivity index (χ3n) is 5.99.